The monoisotopic (exact) mass is 141 g/mol. The van der Waals surface area contributed by atoms with Gasteiger partial charge in [-0.3, -0.25) is 0 Å². The predicted molar refractivity (Wildman–Crippen MR) is 34.9 cm³/mol. The van der Waals surface area contributed by atoms with Gasteiger partial charge in [0.05, 0.1) is 6.20 Å². The molecule has 46 valence electrons. The molecule has 1 N–H and O–H groups in total. The van der Waals surface area contributed by atoms with Gasteiger partial charge in [0.1, 0.15) is 0 Å². The van der Waals surface area contributed by atoms with Crippen molar-refractivity contribution in [3.05, 3.63) is 23.0 Å². The summed E-state index contributed by atoms with van der Waals surface area (Å²) in [4.78, 5) is 0. The minimum Gasteiger partial charge on any atom is -0.308 e. The van der Waals surface area contributed by atoms with Crippen LogP contribution >= 0.6 is 11.6 Å². The fourth-order valence-corrected chi connectivity index (χ4v) is 0.593. The Morgan fingerprint density at radius 2 is 2.44 bits per heavy atom. The molecule has 0 radical (unpaired) electrons. The third-order valence-electron chi connectivity index (χ3n) is 0.860. The van der Waals surface area contributed by atoms with E-state index in [0.717, 1.165) is 6.21 Å². The Kier molecular flexibility index (Phi) is 1.75. The SMILES string of the molecule is N=Cc1ccnnc1Cl. The van der Waals surface area contributed by atoms with Crippen molar-refractivity contribution in [1.29, 1.82) is 5.41 Å². The van der Waals surface area contributed by atoms with E-state index in [0.29, 0.717) is 5.56 Å². The molecule has 0 amide bonds. The third kappa shape index (κ3) is 1.23. The van der Waals surface area contributed by atoms with Crippen LogP contribution in [0.2, 0.25) is 5.15 Å². The highest BCUT2D eigenvalue weighted by atomic mass is 35.5. The first-order valence-electron chi connectivity index (χ1n) is 2.32. The topological polar surface area (TPSA) is 49.6 Å². The number of nitrogens with zero attached hydrogens (tertiary/aromatic N) is 2. The Morgan fingerprint density at radius 3 is 2.89 bits per heavy atom. The molecular weight excluding hydrogens is 138 g/mol. The van der Waals surface area contributed by atoms with E-state index in [1.54, 1.807) is 6.07 Å². The zero-order valence-corrected chi connectivity index (χ0v) is 5.26. The molecule has 1 rings (SSSR count). The van der Waals surface area contributed by atoms with Crippen LogP contribution in [-0.2, 0) is 0 Å². The molecule has 0 unspecified atom stereocenters. The van der Waals surface area contributed by atoms with Gasteiger partial charge in [0.15, 0.2) is 5.15 Å². The highest BCUT2D eigenvalue weighted by Crippen LogP contribution is 2.05. The van der Waals surface area contributed by atoms with Gasteiger partial charge in [0.2, 0.25) is 0 Å². The standard InChI is InChI=1S/C5H4ClN3/c6-5-4(3-7)1-2-8-9-5/h1-3,7H. The zero-order chi connectivity index (χ0) is 6.69. The Balaban J connectivity index is 3.15. The van der Waals surface area contributed by atoms with Crippen molar-refractivity contribution in [2.24, 2.45) is 0 Å². The van der Waals surface area contributed by atoms with Crippen molar-refractivity contribution in [2.75, 3.05) is 0 Å². The lowest BCUT2D eigenvalue weighted by Crippen LogP contribution is -1.86. The maximum absolute atomic E-state index is 6.81. The second kappa shape index (κ2) is 2.55. The van der Waals surface area contributed by atoms with Crippen molar-refractivity contribution in [3.8, 4) is 0 Å². The molecule has 0 spiro atoms. The summed E-state index contributed by atoms with van der Waals surface area (Å²) in [5.74, 6) is 0. The van der Waals surface area contributed by atoms with Gasteiger partial charge in [0, 0.05) is 11.8 Å². The van der Waals surface area contributed by atoms with E-state index in [1.807, 2.05) is 0 Å². The Hall–Kier alpha value is -0.960. The molecule has 3 nitrogen and oxygen atoms in total. The summed E-state index contributed by atoms with van der Waals surface area (Å²) in [7, 11) is 0. The lowest BCUT2D eigenvalue weighted by Gasteiger charge is -1.89. The number of hydrogen-bond acceptors (Lipinski definition) is 3. The number of nitrogens with one attached hydrogen (secondary N) is 1. The van der Waals surface area contributed by atoms with E-state index in [-0.39, 0.29) is 5.15 Å². The maximum atomic E-state index is 6.81. The van der Waals surface area contributed by atoms with Crippen LogP contribution in [0.15, 0.2) is 12.3 Å². The summed E-state index contributed by atoms with van der Waals surface area (Å²) < 4.78 is 0. The van der Waals surface area contributed by atoms with Gasteiger partial charge in [-0.2, -0.15) is 5.10 Å². The highest BCUT2D eigenvalue weighted by molar-refractivity contribution is 6.31. The molecule has 0 fully saturated rings. The molecular formula is C5H4ClN3. The van der Waals surface area contributed by atoms with Crippen LogP contribution < -0.4 is 0 Å². The molecule has 0 aliphatic heterocycles. The first kappa shape index (κ1) is 6.16. The van der Waals surface area contributed by atoms with E-state index in [9.17, 15) is 0 Å². The molecule has 0 aliphatic carbocycles. The predicted octanol–water partition coefficient (Wildman–Crippen LogP) is 1.13. The van der Waals surface area contributed by atoms with Gasteiger partial charge < -0.3 is 5.41 Å². The van der Waals surface area contributed by atoms with Crippen LogP contribution in [0, 0.1) is 5.41 Å². The van der Waals surface area contributed by atoms with E-state index in [2.05, 4.69) is 10.2 Å². The van der Waals surface area contributed by atoms with Gasteiger partial charge in [-0.25, -0.2) is 0 Å². The Labute approximate surface area is 57.2 Å². The quantitative estimate of drug-likeness (QED) is 0.596. The van der Waals surface area contributed by atoms with E-state index >= 15 is 0 Å². The van der Waals surface area contributed by atoms with Gasteiger partial charge in [0.25, 0.3) is 0 Å². The average Bonchev–Trinajstić information content (AvgIpc) is 1.89. The van der Waals surface area contributed by atoms with Gasteiger partial charge in [-0.05, 0) is 6.07 Å². The van der Waals surface area contributed by atoms with Crippen LogP contribution in [0.1, 0.15) is 5.56 Å². The molecule has 0 aliphatic rings. The van der Waals surface area contributed by atoms with Gasteiger partial charge >= 0.3 is 0 Å². The van der Waals surface area contributed by atoms with Crippen molar-refractivity contribution in [1.82, 2.24) is 10.2 Å². The van der Waals surface area contributed by atoms with Crippen LogP contribution in [0.4, 0.5) is 0 Å². The average molecular weight is 142 g/mol. The van der Waals surface area contributed by atoms with Gasteiger partial charge in [-0.15, -0.1) is 5.10 Å². The minimum atomic E-state index is 0.271. The molecule has 0 saturated carbocycles. The van der Waals surface area contributed by atoms with Crippen LogP contribution in [-0.4, -0.2) is 16.4 Å². The van der Waals surface area contributed by atoms with Crippen molar-refractivity contribution >= 4 is 17.8 Å². The molecule has 0 saturated heterocycles. The Morgan fingerprint density at radius 1 is 1.67 bits per heavy atom. The number of halogens is 1. The summed E-state index contributed by atoms with van der Waals surface area (Å²) in [6, 6.07) is 1.63. The summed E-state index contributed by atoms with van der Waals surface area (Å²) >= 11 is 5.50. The van der Waals surface area contributed by atoms with E-state index < -0.39 is 0 Å². The molecule has 0 aromatic carbocycles. The molecule has 0 bridgehead atoms. The van der Waals surface area contributed by atoms with E-state index in [4.69, 9.17) is 17.0 Å². The van der Waals surface area contributed by atoms with E-state index in [1.165, 1.54) is 6.20 Å². The number of hydrogen-bond donors (Lipinski definition) is 1. The molecule has 1 aromatic rings. The number of aromatic nitrogens is 2. The molecule has 9 heavy (non-hydrogen) atoms. The minimum absolute atomic E-state index is 0.271. The van der Waals surface area contributed by atoms with Crippen LogP contribution in [0.3, 0.4) is 0 Å². The summed E-state index contributed by atoms with van der Waals surface area (Å²) in [6.07, 6.45) is 2.63. The van der Waals surface area contributed by atoms with Crippen LogP contribution in [0.5, 0.6) is 0 Å². The fourth-order valence-electron chi connectivity index (χ4n) is 0.432. The number of rotatable bonds is 1. The molecule has 0 atom stereocenters. The first-order valence-corrected chi connectivity index (χ1v) is 2.70. The van der Waals surface area contributed by atoms with Gasteiger partial charge in [-0.1, -0.05) is 11.6 Å². The Bertz CT molecular complexity index is 223. The van der Waals surface area contributed by atoms with Crippen molar-refractivity contribution in [3.63, 3.8) is 0 Å². The molecule has 4 heteroatoms. The van der Waals surface area contributed by atoms with Crippen molar-refractivity contribution in [2.45, 2.75) is 0 Å². The zero-order valence-electron chi connectivity index (χ0n) is 4.50. The summed E-state index contributed by atoms with van der Waals surface area (Å²) in [6.45, 7) is 0. The maximum Gasteiger partial charge on any atom is 0.160 e. The van der Waals surface area contributed by atoms with Crippen LogP contribution in [0.25, 0.3) is 0 Å². The molecule has 1 heterocycles. The lowest BCUT2D eigenvalue weighted by molar-refractivity contribution is 1.03. The summed E-state index contributed by atoms with van der Waals surface area (Å²) in [5, 5.41) is 14.1. The fraction of sp³-hybridized carbons (Fsp3) is 0. The largest absolute Gasteiger partial charge is 0.308 e. The van der Waals surface area contributed by atoms with Crippen molar-refractivity contribution < 1.29 is 0 Å². The highest BCUT2D eigenvalue weighted by Gasteiger charge is 1.93. The second-order valence-corrected chi connectivity index (χ2v) is 1.78. The lowest BCUT2D eigenvalue weighted by atomic mass is 10.3. The smallest absolute Gasteiger partial charge is 0.160 e. The first-order chi connectivity index (χ1) is 4.34. The second-order valence-electron chi connectivity index (χ2n) is 1.42. The molecule has 1 aromatic heterocycles. The third-order valence-corrected chi connectivity index (χ3v) is 1.15. The summed E-state index contributed by atoms with van der Waals surface area (Å²) in [5.41, 5.74) is 0.590. The normalized spacial score (nSPS) is 9.00.